The van der Waals surface area contributed by atoms with Gasteiger partial charge in [-0.3, -0.25) is 9.59 Å². The number of aryl methyl sites for hydroxylation is 1. The van der Waals surface area contributed by atoms with Crippen molar-refractivity contribution in [3.05, 3.63) is 35.4 Å². The molecule has 0 spiro atoms. The zero-order valence-corrected chi connectivity index (χ0v) is 13.1. The van der Waals surface area contributed by atoms with Gasteiger partial charge in [0.2, 0.25) is 5.91 Å². The van der Waals surface area contributed by atoms with Gasteiger partial charge >= 0.3 is 0 Å². The van der Waals surface area contributed by atoms with Crippen LogP contribution in [-0.2, 0) is 4.79 Å². The van der Waals surface area contributed by atoms with Gasteiger partial charge in [0.05, 0.1) is 12.1 Å². The van der Waals surface area contributed by atoms with E-state index in [-0.39, 0.29) is 24.9 Å². The summed E-state index contributed by atoms with van der Waals surface area (Å²) in [5.74, 6) is -0.484. The Kier molecular flexibility index (Phi) is 5.90. The molecule has 116 valence electrons. The van der Waals surface area contributed by atoms with Crippen molar-refractivity contribution < 1.29 is 14.7 Å². The molecule has 0 radical (unpaired) electrons. The van der Waals surface area contributed by atoms with E-state index in [0.717, 1.165) is 5.56 Å². The summed E-state index contributed by atoms with van der Waals surface area (Å²) in [4.78, 5) is 25.5. The minimum absolute atomic E-state index is 0.0728. The Balaban J connectivity index is 2.55. The largest absolute Gasteiger partial charge is 0.389 e. The number of carbonyl (C=O) groups excluding carboxylic acids is 2. The van der Waals surface area contributed by atoms with Crippen molar-refractivity contribution in [3.63, 3.8) is 0 Å². The van der Waals surface area contributed by atoms with Crippen LogP contribution >= 0.6 is 0 Å². The number of aliphatic hydroxyl groups is 1. The fourth-order valence-corrected chi connectivity index (χ4v) is 1.92. The van der Waals surface area contributed by atoms with Crippen LogP contribution in [0.2, 0.25) is 0 Å². The van der Waals surface area contributed by atoms with Crippen LogP contribution in [0.3, 0.4) is 0 Å². The number of nitrogens with zero attached hydrogens (tertiary/aromatic N) is 1. The maximum absolute atomic E-state index is 12.0. The monoisotopic (exact) mass is 292 g/mol. The molecule has 1 rings (SSSR count). The van der Waals surface area contributed by atoms with E-state index in [4.69, 9.17) is 0 Å². The molecule has 2 amide bonds. The predicted octanol–water partition coefficient (Wildman–Crippen LogP) is 1.34. The minimum atomic E-state index is -0.952. The van der Waals surface area contributed by atoms with Gasteiger partial charge in [-0.25, -0.2) is 0 Å². The molecule has 0 bridgehead atoms. The van der Waals surface area contributed by atoms with Gasteiger partial charge in [0, 0.05) is 18.7 Å². The van der Waals surface area contributed by atoms with Crippen LogP contribution in [0.15, 0.2) is 24.3 Å². The van der Waals surface area contributed by atoms with E-state index in [0.29, 0.717) is 12.1 Å². The molecule has 21 heavy (non-hydrogen) atoms. The van der Waals surface area contributed by atoms with Crippen LogP contribution in [0, 0.1) is 6.92 Å². The topological polar surface area (TPSA) is 69.6 Å². The number of benzene rings is 1. The summed E-state index contributed by atoms with van der Waals surface area (Å²) in [5, 5.41) is 12.4. The fraction of sp³-hybridized carbons (Fsp3) is 0.500. The molecular weight excluding hydrogens is 268 g/mol. The van der Waals surface area contributed by atoms with Gasteiger partial charge in [0.25, 0.3) is 5.91 Å². The van der Waals surface area contributed by atoms with Gasteiger partial charge in [-0.15, -0.1) is 0 Å². The second-order valence-electron chi connectivity index (χ2n) is 5.77. The Morgan fingerprint density at radius 2 is 1.81 bits per heavy atom. The van der Waals surface area contributed by atoms with Crippen LogP contribution in [-0.4, -0.2) is 47.1 Å². The highest BCUT2D eigenvalue weighted by molar-refractivity contribution is 5.96. The number of nitrogens with one attached hydrogen (secondary N) is 1. The minimum Gasteiger partial charge on any atom is -0.389 e. The number of rotatable bonds is 6. The van der Waals surface area contributed by atoms with Gasteiger partial charge in [-0.2, -0.15) is 0 Å². The highest BCUT2D eigenvalue weighted by Gasteiger charge is 2.21. The van der Waals surface area contributed by atoms with Crippen LogP contribution in [0.25, 0.3) is 0 Å². The first-order valence-corrected chi connectivity index (χ1v) is 7.08. The highest BCUT2D eigenvalue weighted by Crippen LogP contribution is 2.05. The van der Waals surface area contributed by atoms with Crippen molar-refractivity contribution in [1.82, 2.24) is 10.2 Å². The SMILES string of the molecule is CCN(CC(C)(C)O)C(=O)CNC(=O)c1ccc(C)cc1. The van der Waals surface area contributed by atoms with Gasteiger partial charge in [-0.1, -0.05) is 17.7 Å². The lowest BCUT2D eigenvalue weighted by molar-refractivity contribution is -0.132. The molecule has 0 saturated heterocycles. The summed E-state index contributed by atoms with van der Waals surface area (Å²) in [6.07, 6.45) is 0. The van der Waals surface area contributed by atoms with E-state index in [1.807, 2.05) is 26.0 Å². The molecule has 0 atom stereocenters. The van der Waals surface area contributed by atoms with Crippen molar-refractivity contribution in [3.8, 4) is 0 Å². The molecule has 0 aliphatic carbocycles. The average Bonchev–Trinajstić information content (AvgIpc) is 2.41. The quantitative estimate of drug-likeness (QED) is 0.831. The van der Waals surface area contributed by atoms with E-state index < -0.39 is 5.60 Å². The fourth-order valence-electron chi connectivity index (χ4n) is 1.92. The van der Waals surface area contributed by atoms with Crippen molar-refractivity contribution in [2.24, 2.45) is 0 Å². The van der Waals surface area contributed by atoms with Crippen molar-refractivity contribution in [1.29, 1.82) is 0 Å². The molecule has 5 nitrogen and oxygen atoms in total. The van der Waals surface area contributed by atoms with Crippen molar-refractivity contribution in [2.45, 2.75) is 33.3 Å². The Hall–Kier alpha value is -1.88. The lowest BCUT2D eigenvalue weighted by atomic mass is 10.1. The van der Waals surface area contributed by atoms with E-state index in [1.54, 1.807) is 26.0 Å². The van der Waals surface area contributed by atoms with Gasteiger partial charge < -0.3 is 15.3 Å². The van der Waals surface area contributed by atoms with E-state index in [9.17, 15) is 14.7 Å². The summed E-state index contributed by atoms with van der Waals surface area (Å²) >= 11 is 0. The summed E-state index contributed by atoms with van der Waals surface area (Å²) in [7, 11) is 0. The number of likely N-dealkylation sites (N-methyl/N-ethyl adjacent to an activating group) is 1. The third-order valence-electron chi connectivity index (χ3n) is 3.03. The molecule has 0 saturated carbocycles. The molecule has 0 fully saturated rings. The molecule has 0 aromatic heterocycles. The molecule has 1 aromatic carbocycles. The predicted molar refractivity (Wildman–Crippen MR) is 82.1 cm³/mol. The number of amides is 2. The summed E-state index contributed by atoms with van der Waals surface area (Å²) < 4.78 is 0. The molecular formula is C16H24N2O3. The molecule has 1 aromatic rings. The van der Waals surface area contributed by atoms with Crippen LogP contribution in [0.5, 0.6) is 0 Å². The van der Waals surface area contributed by atoms with Crippen molar-refractivity contribution in [2.75, 3.05) is 19.6 Å². The number of hydrogen-bond donors (Lipinski definition) is 2. The molecule has 0 unspecified atom stereocenters. The normalized spacial score (nSPS) is 11.1. The van der Waals surface area contributed by atoms with Crippen LogP contribution in [0.1, 0.15) is 36.7 Å². The summed E-state index contributed by atoms with van der Waals surface area (Å²) in [5.41, 5.74) is 0.649. The van der Waals surface area contributed by atoms with Gasteiger partial charge in [-0.05, 0) is 39.8 Å². The molecule has 5 heteroatoms. The zero-order chi connectivity index (χ0) is 16.0. The Morgan fingerprint density at radius 3 is 2.29 bits per heavy atom. The third-order valence-corrected chi connectivity index (χ3v) is 3.03. The first-order chi connectivity index (χ1) is 9.73. The smallest absolute Gasteiger partial charge is 0.251 e. The van der Waals surface area contributed by atoms with Gasteiger partial charge in [0.1, 0.15) is 0 Å². The number of hydrogen-bond acceptors (Lipinski definition) is 3. The third kappa shape index (κ3) is 5.95. The molecule has 0 aliphatic rings. The molecule has 2 N–H and O–H groups in total. The van der Waals surface area contributed by atoms with E-state index >= 15 is 0 Å². The first-order valence-electron chi connectivity index (χ1n) is 7.08. The average molecular weight is 292 g/mol. The zero-order valence-electron chi connectivity index (χ0n) is 13.1. The maximum Gasteiger partial charge on any atom is 0.251 e. The Bertz CT molecular complexity index is 489. The standard InChI is InChI=1S/C16H24N2O3/c1-5-18(11-16(3,4)21)14(19)10-17-15(20)13-8-6-12(2)7-9-13/h6-9,21H,5,10-11H2,1-4H3,(H,17,20). The Morgan fingerprint density at radius 1 is 1.24 bits per heavy atom. The summed E-state index contributed by atoms with van der Waals surface area (Å²) in [6.45, 7) is 7.73. The van der Waals surface area contributed by atoms with Crippen LogP contribution < -0.4 is 5.32 Å². The summed E-state index contributed by atoms with van der Waals surface area (Å²) in [6, 6.07) is 7.15. The second-order valence-corrected chi connectivity index (χ2v) is 5.77. The highest BCUT2D eigenvalue weighted by atomic mass is 16.3. The van der Waals surface area contributed by atoms with Crippen molar-refractivity contribution >= 4 is 11.8 Å². The van der Waals surface area contributed by atoms with E-state index in [2.05, 4.69) is 5.32 Å². The van der Waals surface area contributed by atoms with Gasteiger partial charge in [0.15, 0.2) is 0 Å². The van der Waals surface area contributed by atoms with E-state index in [1.165, 1.54) is 4.90 Å². The first kappa shape index (κ1) is 17.2. The Labute approximate surface area is 126 Å². The lowest BCUT2D eigenvalue weighted by Gasteiger charge is -2.28. The number of carbonyl (C=O) groups is 2. The molecule has 0 heterocycles. The maximum atomic E-state index is 12.0. The lowest BCUT2D eigenvalue weighted by Crippen LogP contribution is -2.46. The van der Waals surface area contributed by atoms with Crippen LogP contribution in [0.4, 0.5) is 0 Å². The molecule has 0 aliphatic heterocycles. The second kappa shape index (κ2) is 7.22.